The molecule has 2 heterocycles. The van der Waals surface area contributed by atoms with Crippen LogP contribution in [0.15, 0.2) is 42.7 Å². The minimum atomic E-state index is -0.343. The number of hydrogen-bond donors (Lipinski definition) is 1. The van der Waals surface area contributed by atoms with Crippen LogP contribution >= 0.6 is 11.6 Å². The first kappa shape index (κ1) is 19.6. The number of fused-ring (bicyclic) bond motifs is 1. The lowest BCUT2D eigenvalue weighted by Gasteiger charge is -2.35. The fourth-order valence-electron chi connectivity index (χ4n) is 3.62. The zero-order valence-electron chi connectivity index (χ0n) is 15.7. The average Bonchev–Trinajstić information content (AvgIpc) is 2.62. The number of unbranched alkanes of at least 4 members (excludes halogenated alkanes) is 1. The molecule has 1 N–H and O–H groups in total. The zero-order chi connectivity index (χ0) is 19.6. The van der Waals surface area contributed by atoms with Gasteiger partial charge in [-0.25, -0.2) is 4.39 Å². The highest BCUT2D eigenvalue weighted by molar-refractivity contribution is 6.33. The monoisotopic (exact) mass is 386 g/mol. The van der Waals surface area contributed by atoms with Crippen LogP contribution in [-0.2, 0) is 6.42 Å². The maximum atomic E-state index is 13.8. The predicted molar refractivity (Wildman–Crippen MR) is 110 cm³/mol. The fourth-order valence-corrected chi connectivity index (χ4v) is 3.96. The van der Waals surface area contributed by atoms with Crippen LogP contribution in [-0.4, -0.2) is 16.7 Å². The number of aliphatic hydroxyl groups is 1. The van der Waals surface area contributed by atoms with Crippen molar-refractivity contribution in [3.8, 4) is 0 Å². The molecule has 0 bridgehead atoms. The number of hydrogen-bond acceptors (Lipinski definition) is 3. The Kier molecular flexibility index (Phi) is 5.98. The Morgan fingerprint density at radius 2 is 2.07 bits per heavy atom. The standard InChI is InChI=1S/C22H24ClFN2O/c1-4-17-12-14(2)21-19(7-5-6-10-27)25-9-8-20(21)26(17)22-15(3)11-16(24)13-18(22)23/h8-9,11-13,27H,2,4-7,10H2,1,3H3. The van der Waals surface area contributed by atoms with E-state index in [1.165, 1.54) is 12.1 Å². The van der Waals surface area contributed by atoms with Crippen LogP contribution in [0.1, 0.15) is 43.0 Å². The van der Waals surface area contributed by atoms with Crippen LogP contribution in [0.4, 0.5) is 15.8 Å². The molecule has 5 heteroatoms. The number of aryl methyl sites for hydroxylation is 2. The molecule has 1 aliphatic heterocycles. The molecule has 0 saturated carbocycles. The van der Waals surface area contributed by atoms with Gasteiger partial charge in [-0.2, -0.15) is 0 Å². The molecule has 0 spiro atoms. The molecule has 1 aromatic carbocycles. The van der Waals surface area contributed by atoms with E-state index < -0.39 is 0 Å². The maximum absolute atomic E-state index is 13.8. The third kappa shape index (κ3) is 3.78. The molecule has 1 aliphatic rings. The zero-order valence-corrected chi connectivity index (χ0v) is 16.5. The number of allylic oxidation sites excluding steroid dienone is 3. The molecule has 0 radical (unpaired) electrons. The largest absolute Gasteiger partial charge is 0.396 e. The van der Waals surface area contributed by atoms with Crippen molar-refractivity contribution in [1.29, 1.82) is 0 Å². The van der Waals surface area contributed by atoms with Crippen molar-refractivity contribution < 1.29 is 9.50 Å². The highest BCUT2D eigenvalue weighted by Crippen LogP contribution is 2.46. The smallest absolute Gasteiger partial charge is 0.125 e. The molecule has 0 unspecified atom stereocenters. The lowest BCUT2D eigenvalue weighted by molar-refractivity contribution is 0.284. The lowest BCUT2D eigenvalue weighted by atomic mass is 9.93. The summed E-state index contributed by atoms with van der Waals surface area (Å²) in [5, 5.41) is 9.45. The number of benzene rings is 1. The van der Waals surface area contributed by atoms with E-state index >= 15 is 0 Å². The van der Waals surface area contributed by atoms with E-state index in [1.807, 2.05) is 13.0 Å². The van der Waals surface area contributed by atoms with Gasteiger partial charge in [-0.3, -0.25) is 4.98 Å². The van der Waals surface area contributed by atoms with E-state index in [4.69, 9.17) is 16.7 Å². The van der Waals surface area contributed by atoms with E-state index in [0.717, 1.165) is 65.1 Å². The highest BCUT2D eigenvalue weighted by Gasteiger charge is 2.27. The van der Waals surface area contributed by atoms with E-state index in [9.17, 15) is 4.39 Å². The molecule has 27 heavy (non-hydrogen) atoms. The van der Waals surface area contributed by atoms with Crippen molar-refractivity contribution in [3.05, 3.63) is 70.4 Å². The normalized spacial score (nSPS) is 13.6. The topological polar surface area (TPSA) is 36.4 Å². The molecule has 2 aromatic rings. The van der Waals surface area contributed by atoms with Crippen molar-refractivity contribution in [1.82, 2.24) is 4.98 Å². The van der Waals surface area contributed by atoms with Crippen LogP contribution in [0.3, 0.4) is 0 Å². The van der Waals surface area contributed by atoms with Gasteiger partial charge < -0.3 is 10.0 Å². The van der Waals surface area contributed by atoms with Crippen LogP contribution in [0.25, 0.3) is 5.57 Å². The van der Waals surface area contributed by atoms with Crippen LogP contribution in [0, 0.1) is 12.7 Å². The van der Waals surface area contributed by atoms with Gasteiger partial charge in [0.25, 0.3) is 0 Å². The molecular weight excluding hydrogens is 363 g/mol. The van der Waals surface area contributed by atoms with Crippen molar-refractivity contribution in [3.63, 3.8) is 0 Å². The van der Waals surface area contributed by atoms with Gasteiger partial charge in [-0.05, 0) is 68.0 Å². The second-order valence-electron chi connectivity index (χ2n) is 6.74. The van der Waals surface area contributed by atoms with E-state index in [0.29, 0.717) is 5.02 Å². The first-order valence-corrected chi connectivity index (χ1v) is 9.60. The Morgan fingerprint density at radius 1 is 1.30 bits per heavy atom. The summed E-state index contributed by atoms with van der Waals surface area (Å²) in [5.41, 5.74) is 6.44. The molecule has 0 amide bonds. The SMILES string of the molecule is C=C1C=C(CC)N(c2c(C)cc(F)cc2Cl)c2ccnc(CCCCO)c21. The minimum Gasteiger partial charge on any atom is -0.396 e. The van der Waals surface area contributed by atoms with Gasteiger partial charge in [0.2, 0.25) is 0 Å². The van der Waals surface area contributed by atoms with Gasteiger partial charge in [0.05, 0.1) is 22.1 Å². The van der Waals surface area contributed by atoms with E-state index in [-0.39, 0.29) is 12.4 Å². The van der Waals surface area contributed by atoms with E-state index in [2.05, 4.69) is 29.5 Å². The number of nitrogens with zero attached hydrogens (tertiary/aromatic N) is 2. The minimum absolute atomic E-state index is 0.173. The van der Waals surface area contributed by atoms with Gasteiger partial charge in [0, 0.05) is 24.1 Å². The second kappa shape index (κ2) is 8.24. The molecule has 142 valence electrons. The molecule has 0 aliphatic carbocycles. The van der Waals surface area contributed by atoms with Crippen LogP contribution < -0.4 is 4.90 Å². The Labute approximate surface area is 164 Å². The fraction of sp³-hybridized carbons (Fsp3) is 0.318. The van der Waals surface area contributed by atoms with Gasteiger partial charge in [-0.1, -0.05) is 25.1 Å². The summed E-state index contributed by atoms with van der Waals surface area (Å²) in [5.74, 6) is -0.343. The Balaban J connectivity index is 2.17. The molecule has 3 rings (SSSR count). The number of halogens is 2. The highest BCUT2D eigenvalue weighted by atomic mass is 35.5. The number of aromatic nitrogens is 1. The second-order valence-corrected chi connectivity index (χ2v) is 7.14. The molecular formula is C22H24ClFN2O. The summed E-state index contributed by atoms with van der Waals surface area (Å²) in [4.78, 5) is 6.66. The molecule has 3 nitrogen and oxygen atoms in total. The molecule has 0 atom stereocenters. The molecule has 0 saturated heterocycles. The lowest BCUT2D eigenvalue weighted by Crippen LogP contribution is -2.23. The van der Waals surface area contributed by atoms with Crippen molar-refractivity contribution in [2.24, 2.45) is 0 Å². The first-order chi connectivity index (χ1) is 13.0. The summed E-state index contributed by atoms with van der Waals surface area (Å²) in [7, 11) is 0. The third-order valence-electron chi connectivity index (χ3n) is 4.82. The van der Waals surface area contributed by atoms with Gasteiger partial charge in [0.15, 0.2) is 0 Å². The van der Waals surface area contributed by atoms with E-state index in [1.54, 1.807) is 6.20 Å². The number of rotatable bonds is 6. The quantitative estimate of drug-likeness (QED) is 0.622. The van der Waals surface area contributed by atoms with Crippen molar-refractivity contribution in [2.75, 3.05) is 11.5 Å². The average molecular weight is 387 g/mol. The van der Waals surface area contributed by atoms with Crippen LogP contribution in [0.2, 0.25) is 5.02 Å². The maximum Gasteiger partial charge on any atom is 0.125 e. The summed E-state index contributed by atoms with van der Waals surface area (Å²) < 4.78 is 13.8. The Morgan fingerprint density at radius 3 is 2.74 bits per heavy atom. The van der Waals surface area contributed by atoms with Crippen molar-refractivity contribution >= 4 is 28.5 Å². The summed E-state index contributed by atoms with van der Waals surface area (Å²) in [6.07, 6.45) is 6.99. The van der Waals surface area contributed by atoms with Crippen LogP contribution in [0.5, 0.6) is 0 Å². The predicted octanol–water partition coefficient (Wildman–Crippen LogP) is 5.96. The summed E-state index contributed by atoms with van der Waals surface area (Å²) in [6, 6.07) is 4.81. The summed E-state index contributed by atoms with van der Waals surface area (Å²) in [6.45, 7) is 8.36. The number of aliphatic hydroxyl groups excluding tert-OH is 1. The third-order valence-corrected chi connectivity index (χ3v) is 5.11. The molecule has 1 aromatic heterocycles. The number of anilines is 2. The Hall–Kier alpha value is -2.17. The van der Waals surface area contributed by atoms with Gasteiger partial charge in [-0.15, -0.1) is 0 Å². The van der Waals surface area contributed by atoms with Gasteiger partial charge >= 0.3 is 0 Å². The van der Waals surface area contributed by atoms with Gasteiger partial charge in [0.1, 0.15) is 5.82 Å². The molecule has 0 fully saturated rings. The summed E-state index contributed by atoms with van der Waals surface area (Å²) >= 11 is 6.46. The van der Waals surface area contributed by atoms with Crippen molar-refractivity contribution in [2.45, 2.75) is 39.5 Å². The first-order valence-electron chi connectivity index (χ1n) is 9.22. The number of pyridine rings is 1. The Bertz CT molecular complexity index is 884.